The van der Waals surface area contributed by atoms with Crippen LogP contribution in [0.3, 0.4) is 0 Å². The van der Waals surface area contributed by atoms with Crippen LogP contribution in [0.2, 0.25) is 0 Å². The van der Waals surface area contributed by atoms with Crippen molar-refractivity contribution in [2.75, 3.05) is 14.2 Å². The first-order chi connectivity index (χ1) is 10.9. The SMILES string of the molecule is COC(=O)c1c2c(c3ccccc3c1O)OC(C)(C)C(OC)C2. The van der Waals surface area contributed by atoms with Gasteiger partial charge in [-0.15, -0.1) is 0 Å². The fourth-order valence-electron chi connectivity index (χ4n) is 3.20. The van der Waals surface area contributed by atoms with Gasteiger partial charge >= 0.3 is 5.97 Å². The lowest BCUT2D eigenvalue weighted by molar-refractivity contribution is -0.0635. The Kier molecular flexibility index (Phi) is 3.68. The van der Waals surface area contributed by atoms with Gasteiger partial charge in [-0.2, -0.15) is 0 Å². The summed E-state index contributed by atoms with van der Waals surface area (Å²) < 4.78 is 16.6. The molecule has 23 heavy (non-hydrogen) atoms. The fourth-order valence-corrected chi connectivity index (χ4v) is 3.20. The molecule has 5 heteroatoms. The van der Waals surface area contributed by atoms with E-state index in [-0.39, 0.29) is 17.4 Å². The highest BCUT2D eigenvalue weighted by atomic mass is 16.6. The van der Waals surface area contributed by atoms with E-state index in [1.807, 2.05) is 26.0 Å². The Balaban J connectivity index is 2.37. The maximum absolute atomic E-state index is 12.2. The third kappa shape index (κ3) is 2.32. The van der Waals surface area contributed by atoms with E-state index in [1.165, 1.54) is 7.11 Å². The van der Waals surface area contributed by atoms with Crippen molar-refractivity contribution in [3.8, 4) is 11.5 Å². The van der Waals surface area contributed by atoms with E-state index in [1.54, 1.807) is 19.2 Å². The molecule has 2 aromatic rings. The number of fused-ring (bicyclic) bond motifs is 3. The van der Waals surface area contributed by atoms with E-state index in [0.29, 0.717) is 23.1 Å². The van der Waals surface area contributed by atoms with Crippen LogP contribution < -0.4 is 4.74 Å². The van der Waals surface area contributed by atoms with Gasteiger partial charge in [0.05, 0.1) is 7.11 Å². The molecule has 1 aliphatic heterocycles. The number of hydrogen-bond acceptors (Lipinski definition) is 5. The molecule has 3 rings (SSSR count). The number of phenolic OH excluding ortho intramolecular Hbond substituents is 1. The van der Waals surface area contributed by atoms with E-state index in [9.17, 15) is 9.90 Å². The lowest BCUT2D eigenvalue weighted by atomic mass is 9.86. The molecule has 1 heterocycles. The standard InChI is InChI=1S/C18H20O5/c1-18(2)13(21-3)9-12-14(17(20)22-4)15(19)10-7-5-6-8-11(10)16(12)23-18/h5-8,13,19H,9H2,1-4H3. The first kappa shape index (κ1) is 15.6. The summed E-state index contributed by atoms with van der Waals surface area (Å²) in [6.45, 7) is 3.90. The third-order valence-corrected chi connectivity index (χ3v) is 4.44. The van der Waals surface area contributed by atoms with Crippen LogP contribution in [-0.2, 0) is 15.9 Å². The summed E-state index contributed by atoms with van der Waals surface area (Å²) in [4.78, 5) is 12.2. The molecule has 5 nitrogen and oxygen atoms in total. The van der Waals surface area contributed by atoms with Crippen molar-refractivity contribution in [2.45, 2.75) is 32.0 Å². The van der Waals surface area contributed by atoms with Crippen molar-refractivity contribution < 1.29 is 24.1 Å². The molecule has 1 unspecified atom stereocenters. The number of methoxy groups -OCH3 is 2. The number of carbonyl (C=O) groups excluding carboxylic acids is 1. The zero-order valence-corrected chi connectivity index (χ0v) is 13.7. The summed E-state index contributed by atoms with van der Waals surface area (Å²) in [6.07, 6.45) is 0.223. The van der Waals surface area contributed by atoms with E-state index in [4.69, 9.17) is 14.2 Å². The Bertz CT molecular complexity index is 779. The van der Waals surface area contributed by atoms with Crippen molar-refractivity contribution in [3.05, 3.63) is 35.4 Å². The number of aromatic hydroxyl groups is 1. The minimum Gasteiger partial charge on any atom is -0.506 e. The second-order valence-electron chi connectivity index (χ2n) is 6.20. The molecule has 0 spiro atoms. The first-order valence-electron chi connectivity index (χ1n) is 7.47. The van der Waals surface area contributed by atoms with Gasteiger partial charge in [0.15, 0.2) is 0 Å². The van der Waals surface area contributed by atoms with Crippen LogP contribution in [0.4, 0.5) is 0 Å². The van der Waals surface area contributed by atoms with Gasteiger partial charge in [0.2, 0.25) is 0 Å². The van der Waals surface area contributed by atoms with E-state index < -0.39 is 11.6 Å². The molecule has 0 saturated carbocycles. The fraction of sp³-hybridized carbons (Fsp3) is 0.389. The highest BCUT2D eigenvalue weighted by molar-refractivity contribution is 6.06. The van der Waals surface area contributed by atoms with Crippen molar-refractivity contribution in [1.29, 1.82) is 0 Å². The number of rotatable bonds is 2. The summed E-state index contributed by atoms with van der Waals surface area (Å²) in [5, 5.41) is 11.9. The van der Waals surface area contributed by atoms with Gasteiger partial charge in [-0.1, -0.05) is 24.3 Å². The highest BCUT2D eigenvalue weighted by Crippen LogP contribution is 2.46. The minimum absolute atomic E-state index is 0.0793. The van der Waals surface area contributed by atoms with Crippen molar-refractivity contribution in [1.82, 2.24) is 0 Å². The van der Waals surface area contributed by atoms with Crippen LogP contribution in [0.15, 0.2) is 24.3 Å². The summed E-state index contributed by atoms with van der Waals surface area (Å²) in [5.41, 5.74) is 0.229. The van der Waals surface area contributed by atoms with E-state index in [2.05, 4.69) is 0 Å². The molecule has 1 N–H and O–H groups in total. The lowest BCUT2D eigenvalue weighted by Gasteiger charge is -2.40. The van der Waals surface area contributed by atoms with Crippen LogP contribution in [0.5, 0.6) is 11.5 Å². The van der Waals surface area contributed by atoms with Crippen molar-refractivity contribution in [3.63, 3.8) is 0 Å². The van der Waals surface area contributed by atoms with E-state index >= 15 is 0 Å². The molecular formula is C18H20O5. The summed E-state index contributed by atoms with van der Waals surface area (Å²) in [6, 6.07) is 7.31. The predicted molar refractivity (Wildman–Crippen MR) is 86.2 cm³/mol. The summed E-state index contributed by atoms with van der Waals surface area (Å²) in [5.74, 6) is -0.0517. The average molecular weight is 316 g/mol. The molecule has 0 radical (unpaired) electrons. The normalized spacial score (nSPS) is 19.0. The number of phenols is 1. The second-order valence-corrected chi connectivity index (χ2v) is 6.20. The molecule has 0 saturated heterocycles. The van der Waals surface area contributed by atoms with Gasteiger partial charge in [0.25, 0.3) is 0 Å². The smallest absolute Gasteiger partial charge is 0.342 e. The van der Waals surface area contributed by atoms with Crippen molar-refractivity contribution >= 4 is 16.7 Å². The molecule has 0 bridgehead atoms. The van der Waals surface area contributed by atoms with Gasteiger partial charge in [0, 0.05) is 29.9 Å². The monoisotopic (exact) mass is 316 g/mol. The van der Waals surface area contributed by atoms with Crippen LogP contribution in [0.25, 0.3) is 10.8 Å². The van der Waals surface area contributed by atoms with Gasteiger partial charge in [-0.05, 0) is 13.8 Å². The van der Waals surface area contributed by atoms with Gasteiger partial charge in [-0.3, -0.25) is 0 Å². The first-order valence-corrected chi connectivity index (χ1v) is 7.47. The van der Waals surface area contributed by atoms with Crippen molar-refractivity contribution in [2.24, 2.45) is 0 Å². The zero-order valence-electron chi connectivity index (χ0n) is 13.7. The van der Waals surface area contributed by atoms with Crippen LogP contribution in [0.1, 0.15) is 29.8 Å². The Morgan fingerprint density at radius 3 is 2.52 bits per heavy atom. The van der Waals surface area contributed by atoms with E-state index in [0.717, 1.165) is 5.39 Å². The van der Waals surface area contributed by atoms with Crippen LogP contribution in [0, 0.1) is 0 Å². The molecule has 122 valence electrons. The molecule has 0 aromatic heterocycles. The Morgan fingerprint density at radius 1 is 1.26 bits per heavy atom. The maximum Gasteiger partial charge on any atom is 0.342 e. The number of ether oxygens (including phenoxy) is 3. The highest BCUT2D eigenvalue weighted by Gasteiger charge is 2.41. The Morgan fingerprint density at radius 2 is 1.91 bits per heavy atom. The quantitative estimate of drug-likeness (QED) is 0.863. The number of carbonyl (C=O) groups is 1. The molecule has 0 fully saturated rings. The maximum atomic E-state index is 12.2. The summed E-state index contributed by atoms with van der Waals surface area (Å²) >= 11 is 0. The Labute approximate surface area is 134 Å². The average Bonchev–Trinajstić information content (AvgIpc) is 2.54. The third-order valence-electron chi connectivity index (χ3n) is 4.44. The van der Waals surface area contributed by atoms with Gasteiger partial charge in [-0.25, -0.2) is 4.79 Å². The number of esters is 1. The zero-order chi connectivity index (χ0) is 16.8. The lowest BCUT2D eigenvalue weighted by Crippen LogP contribution is -2.47. The summed E-state index contributed by atoms with van der Waals surface area (Å²) in [7, 11) is 2.91. The minimum atomic E-state index is -0.581. The van der Waals surface area contributed by atoms with Crippen LogP contribution in [-0.4, -0.2) is 37.0 Å². The molecular weight excluding hydrogens is 296 g/mol. The topological polar surface area (TPSA) is 65.0 Å². The molecule has 2 aromatic carbocycles. The number of benzene rings is 2. The van der Waals surface area contributed by atoms with Crippen LogP contribution >= 0.6 is 0 Å². The largest absolute Gasteiger partial charge is 0.506 e. The van der Waals surface area contributed by atoms with Gasteiger partial charge in [0.1, 0.15) is 28.8 Å². The number of hydrogen-bond donors (Lipinski definition) is 1. The molecule has 1 atom stereocenters. The molecule has 1 aliphatic rings. The Hall–Kier alpha value is -2.27. The molecule has 0 aliphatic carbocycles. The second kappa shape index (κ2) is 5.42. The molecule has 0 amide bonds. The van der Waals surface area contributed by atoms with Gasteiger partial charge < -0.3 is 19.3 Å². The predicted octanol–water partition coefficient (Wildman–Crippen LogP) is 3.06.